The number of rotatable bonds is 10. The molecule has 1 aromatic carbocycles. The quantitative estimate of drug-likeness (QED) is 0.291. The Hall–Kier alpha value is -2.66. The van der Waals surface area contributed by atoms with Gasteiger partial charge < -0.3 is 30.2 Å². The first-order valence-electron chi connectivity index (χ1n) is 10.5. The number of amides is 1. The van der Waals surface area contributed by atoms with Crippen LogP contribution in [0.5, 0.6) is 5.75 Å². The molecule has 1 amide bonds. The van der Waals surface area contributed by atoms with Crippen molar-refractivity contribution in [1.29, 1.82) is 0 Å². The number of unbranched alkanes of at least 4 members (excludes halogenated alkanes) is 1. The van der Waals surface area contributed by atoms with E-state index in [9.17, 15) is 18.9 Å². The second-order valence-electron chi connectivity index (χ2n) is 8.56. The van der Waals surface area contributed by atoms with E-state index in [4.69, 9.17) is 21.7 Å². The summed E-state index contributed by atoms with van der Waals surface area (Å²) in [5.41, 5.74) is 0.761. The first-order chi connectivity index (χ1) is 15.4. The molecule has 33 heavy (non-hydrogen) atoms. The van der Waals surface area contributed by atoms with Gasteiger partial charge in [-0.1, -0.05) is 0 Å². The minimum Gasteiger partial charge on any atom is -0.480 e. The summed E-state index contributed by atoms with van der Waals surface area (Å²) in [6.45, 7) is 5.73. The summed E-state index contributed by atoms with van der Waals surface area (Å²) in [5.74, 6) is -0.00934. The molecule has 0 bridgehead atoms. The van der Waals surface area contributed by atoms with Gasteiger partial charge in [-0.3, -0.25) is 4.21 Å². The minimum absolute atomic E-state index is 0.0551. The van der Waals surface area contributed by atoms with Gasteiger partial charge in [0.2, 0.25) is 0 Å². The number of nitrogens with one attached hydrogen (secondary N) is 3. The maximum atomic E-state index is 12.0. The fourth-order valence-corrected chi connectivity index (χ4v) is 3.83. The lowest BCUT2D eigenvalue weighted by molar-refractivity contribution is -0.139. The maximum absolute atomic E-state index is 12.0. The van der Waals surface area contributed by atoms with Crippen LogP contribution in [-0.2, 0) is 26.8 Å². The Morgan fingerprint density at radius 1 is 1.27 bits per heavy atom. The van der Waals surface area contributed by atoms with Crippen molar-refractivity contribution in [3.63, 3.8) is 0 Å². The lowest BCUT2D eigenvalue weighted by Crippen LogP contribution is -2.44. The van der Waals surface area contributed by atoms with Crippen LogP contribution in [0.4, 0.5) is 4.79 Å². The summed E-state index contributed by atoms with van der Waals surface area (Å²) in [4.78, 5) is 26.8. The molecule has 0 saturated carbocycles. The number of aliphatic carboxylic acids is 1. The van der Waals surface area contributed by atoms with Gasteiger partial charge in [0, 0.05) is 52.9 Å². The topological polar surface area (TPSA) is 130 Å². The summed E-state index contributed by atoms with van der Waals surface area (Å²) in [6, 6.07) is 4.17. The molecular formula is C22H31N3O6S2. The highest BCUT2D eigenvalue weighted by molar-refractivity contribution is 7.84. The summed E-state index contributed by atoms with van der Waals surface area (Å²) >= 11 is 5.23. The molecule has 182 valence electrons. The minimum atomic E-state index is -1.17. The molecule has 11 heteroatoms. The molecule has 0 radical (unpaired) electrons. The molecule has 0 spiro atoms. The molecular weight excluding hydrogens is 466 g/mol. The summed E-state index contributed by atoms with van der Waals surface area (Å²) < 4.78 is 21.9. The van der Waals surface area contributed by atoms with Crippen LogP contribution in [0.1, 0.15) is 39.2 Å². The number of aromatic nitrogens is 1. The molecule has 0 saturated heterocycles. The number of fused-ring (bicyclic) bond motifs is 1. The number of hydrogen-bond acceptors (Lipinski definition) is 6. The molecule has 2 aromatic rings. The van der Waals surface area contributed by atoms with Crippen molar-refractivity contribution in [2.24, 2.45) is 0 Å². The monoisotopic (exact) mass is 497 g/mol. The Morgan fingerprint density at radius 3 is 2.64 bits per heavy atom. The highest BCUT2D eigenvalue weighted by atomic mass is 32.2. The highest BCUT2D eigenvalue weighted by Gasteiger charge is 2.25. The molecule has 4 N–H and O–H groups in total. The van der Waals surface area contributed by atoms with Crippen molar-refractivity contribution in [3.05, 3.63) is 30.0 Å². The van der Waals surface area contributed by atoms with Crippen LogP contribution in [0, 0.1) is 0 Å². The Morgan fingerprint density at radius 2 is 2.00 bits per heavy atom. The fraction of sp³-hybridized carbons (Fsp3) is 0.500. The molecule has 0 aliphatic rings. The van der Waals surface area contributed by atoms with Crippen LogP contribution >= 0.6 is 12.2 Å². The Kier molecular flexibility index (Phi) is 9.66. The van der Waals surface area contributed by atoms with E-state index >= 15 is 0 Å². The van der Waals surface area contributed by atoms with Crippen LogP contribution in [0.2, 0.25) is 0 Å². The second kappa shape index (κ2) is 12.0. The molecule has 0 fully saturated rings. The molecule has 0 aliphatic heterocycles. The van der Waals surface area contributed by atoms with E-state index < -0.39 is 34.5 Å². The number of thiocarbonyl (C=S) groups is 1. The lowest BCUT2D eigenvalue weighted by Gasteiger charge is -2.22. The van der Waals surface area contributed by atoms with Crippen molar-refractivity contribution < 1.29 is 28.4 Å². The first-order valence-corrected chi connectivity index (χ1v) is 12.7. The number of hydrogen-bond donors (Lipinski definition) is 4. The Labute approximate surface area is 201 Å². The predicted molar refractivity (Wildman–Crippen MR) is 132 cm³/mol. The number of aromatic amines is 1. The largest absolute Gasteiger partial charge is 0.480 e. The van der Waals surface area contributed by atoms with E-state index in [1.807, 2.05) is 6.07 Å². The number of ether oxygens (including phenoxy) is 2. The summed E-state index contributed by atoms with van der Waals surface area (Å²) in [7, 11) is -0.801. The average Bonchev–Trinajstić information content (AvgIpc) is 3.07. The summed E-state index contributed by atoms with van der Waals surface area (Å²) in [6.07, 6.45) is 4.30. The van der Waals surface area contributed by atoms with Gasteiger partial charge in [-0.05, 0) is 69.6 Å². The van der Waals surface area contributed by atoms with E-state index in [2.05, 4.69) is 15.6 Å². The Bertz CT molecular complexity index is 1020. The van der Waals surface area contributed by atoms with Crippen molar-refractivity contribution in [2.45, 2.75) is 51.7 Å². The molecule has 1 heterocycles. The maximum Gasteiger partial charge on any atom is 0.408 e. The normalized spacial score (nSPS) is 13.2. The standard InChI is InChI=1S/C22H31N3O6S2/c1-22(2,3)31-20(28)25-18(19(26)27)11-14-13-24-17-8-7-15(12-16(14)17)30-21(32)23-9-5-6-10-33(4)29/h7-8,12-13,18,24H,5-6,9-11H2,1-4H3,(H,23,32)(H,25,28)(H,26,27)/t18-,33?/m0/s1. The predicted octanol–water partition coefficient (Wildman–Crippen LogP) is 3.10. The zero-order chi connectivity index (χ0) is 24.6. The van der Waals surface area contributed by atoms with Gasteiger partial charge in [-0.15, -0.1) is 0 Å². The third-order valence-corrected chi connectivity index (χ3v) is 5.58. The molecule has 0 aliphatic carbocycles. The van der Waals surface area contributed by atoms with Gasteiger partial charge in [0.05, 0.1) is 0 Å². The Balaban J connectivity index is 2.02. The van der Waals surface area contributed by atoms with E-state index in [0.29, 0.717) is 23.6 Å². The van der Waals surface area contributed by atoms with Crippen LogP contribution < -0.4 is 15.4 Å². The third-order valence-electron chi connectivity index (χ3n) is 4.49. The van der Waals surface area contributed by atoms with Gasteiger partial charge in [-0.25, -0.2) is 9.59 Å². The van der Waals surface area contributed by atoms with Gasteiger partial charge >= 0.3 is 12.1 Å². The van der Waals surface area contributed by atoms with E-state index in [-0.39, 0.29) is 11.6 Å². The van der Waals surface area contributed by atoms with Crippen molar-refractivity contribution in [3.8, 4) is 5.75 Å². The molecule has 2 atom stereocenters. The number of alkyl carbamates (subject to hydrolysis) is 1. The lowest BCUT2D eigenvalue weighted by atomic mass is 10.0. The SMILES string of the molecule is CS(=O)CCCCNC(=S)Oc1ccc2[nH]cc(C[C@H](NC(=O)OC(C)(C)C)C(=O)O)c2c1. The number of carboxylic acid groups (broad SMARTS) is 1. The van der Waals surface area contributed by atoms with E-state index in [1.54, 1.807) is 45.4 Å². The zero-order valence-corrected chi connectivity index (χ0v) is 20.9. The van der Waals surface area contributed by atoms with Crippen LogP contribution in [-0.4, -0.2) is 61.7 Å². The number of carbonyl (C=O) groups excluding carboxylic acids is 1. The molecule has 1 aromatic heterocycles. The van der Waals surface area contributed by atoms with Gasteiger partial charge in [-0.2, -0.15) is 0 Å². The number of H-pyrrole nitrogens is 1. The first kappa shape index (κ1) is 26.6. The van der Waals surface area contributed by atoms with Crippen molar-refractivity contribution in [1.82, 2.24) is 15.6 Å². The van der Waals surface area contributed by atoms with Crippen LogP contribution in [0.15, 0.2) is 24.4 Å². The molecule has 2 rings (SSSR count). The summed E-state index contributed by atoms with van der Waals surface area (Å²) in [5, 5.41) is 16.0. The van der Waals surface area contributed by atoms with Crippen molar-refractivity contribution >= 4 is 51.2 Å². The van der Waals surface area contributed by atoms with E-state index in [1.165, 1.54) is 0 Å². The van der Waals surface area contributed by atoms with Gasteiger partial charge in [0.1, 0.15) is 17.4 Å². The molecule has 1 unspecified atom stereocenters. The smallest absolute Gasteiger partial charge is 0.408 e. The van der Waals surface area contributed by atoms with Crippen molar-refractivity contribution in [2.75, 3.05) is 18.6 Å². The van der Waals surface area contributed by atoms with Gasteiger partial charge in [0.25, 0.3) is 5.17 Å². The second-order valence-corrected chi connectivity index (χ2v) is 10.5. The number of carbonyl (C=O) groups is 2. The number of benzene rings is 1. The average molecular weight is 498 g/mol. The fourth-order valence-electron chi connectivity index (χ4n) is 3.02. The van der Waals surface area contributed by atoms with Crippen LogP contribution in [0.3, 0.4) is 0 Å². The van der Waals surface area contributed by atoms with Crippen LogP contribution in [0.25, 0.3) is 10.9 Å². The highest BCUT2D eigenvalue weighted by Crippen LogP contribution is 2.25. The zero-order valence-electron chi connectivity index (χ0n) is 19.2. The van der Waals surface area contributed by atoms with Gasteiger partial charge in [0.15, 0.2) is 0 Å². The number of carboxylic acids is 1. The third kappa shape index (κ3) is 9.39. The molecule has 9 nitrogen and oxygen atoms in total. The van der Waals surface area contributed by atoms with E-state index in [0.717, 1.165) is 23.7 Å².